The molecular weight excluding hydrogens is 223 g/mol. The molecule has 0 bridgehead atoms. The maximum Gasteiger partial charge on any atom is 0.000442 e. The summed E-state index contributed by atoms with van der Waals surface area (Å²) in [6.45, 7) is 0. The lowest BCUT2D eigenvalue weighted by atomic mass is 10.5. The molecule has 1 N–H and O–H groups in total. The van der Waals surface area contributed by atoms with E-state index < -0.39 is 0 Å². The van der Waals surface area contributed by atoms with Crippen LogP contribution in [0.3, 0.4) is 0 Å². The lowest BCUT2D eigenvalue weighted by Gasteiger charge is -1.79. The predicted molar refractivity (Wildman–Crippen MR) is 63.4 cm³/mol. The van der Waals surface area contributed by atoms with E-state index in [1.54, 1.807) is 0 Å². The van der Waals surface area contributed by atoms with Gasteiger partial charge in [0.15, 0.2) is 0 Å². The summed E-state index contributed by atoms with van der Waals surface area (Å²) in [6.07, 6.45) is 11.6. The van der Waals surface area contributed by atoms with Gasteiger partial charge in [0.25, 0.3) is 0 Å². The standard InChI is InChI=1S/C6H7N.3ClH.H3P/c1-2-4-6-7-5-3-1;;;;/h1-7H;3*1H;1H3. The van der Waals surface area contributed by atoms with Crippen molar-refractivity contribution in [2.45, 2.75) is 0 Å². The Kier molecular flexibility index (Phi) is 34.2. The first-order chi connectivity index (χ1) is 3.50. The second kappa shape index (κ2) is 16.7. The second-order valence-electron chi connectivity index (χ2n) is 1.27. The van der Waals surface area contributed by atoms with E-state index in [2.05, 4.69) is 5.32 Å². The zero-order valence-corrected chi connectivity index (χ0v) is 9.76. The number of hydrogen-bond acceptors (Lipinski definition) is 1. The summed E-state index contributed by atoms with van der Waals surface area (Å²) in [7, 11) is 0. The molecule has 0 saturated carbocycles. The summed E-state index contributed by atoms with van der Waals surface area (Å²) in [5.74, 6) is 0. The van der Waals surface area contributed by atoms with Gasteiger partial charge >= 0.3 is 0 Å². The van der Waals surface area contributed by atoms with Gasteiger partial charge in [-0.05, 0) is 12.2 Å². The van der Waals surface area contributed by atoms with Crippen LogP contribution < -0.4 is 5.32 Å². The van der Waals surface area contributed by atoms with Crippen molar-refractivity contribution in [2.24, 2.45) is 0 Å². The molecule has 0 fully saturated rings. The lowest BCUT2D eigenvalue weighted by molar-refractivity contribution is 1.20. The van der Waals surface area contributed by atoms with Crippen LogP contribution in [0.25, 0.3) is 0 Å². The third kappa shape index (κ3) is 13.3. The minimum absolute atomic E-state index is 0. The highest BCUT2D eigenvalue weighted by molar-refractivity contribution is 6.92. The van der Waals surface area contributed by atoms with Crippen LogP contribution in [0.4, 0.5) is 0 Å². The molecular formula is C6H13Cl3NP. The molecule has 0 aromatic heterocycles. The number of nitrogens with one attached hydrogen (secondary N) is 1. The van der Waals surface area contributed by atoms with E-state index in [0.29, 0.717) is 0 Å². The minimum atomic E-state index is 0. The Morgan fingerprint density at radius 3 is 1.36 bits per heavy atom. The Labute approximate surface area is 89.2 Å². The van der Waals surface area contributed by atoms with Crippen LogP contribution in [-0.4, -0.2) is 0 Å². The van der Waals surface area contributed by atoms with Crippen molar-refractivity contribution < 1.29 is 0 Å². The van der Waals surface area contributed by atoms with Crippen LogP contribution in [0.2, 0.25) is 0 Å². The van der Waals surface area contributed by atoms with Gasteiger partial charge in [0.2, 0.25) is 0 Å². The topological polar surface area (TPSA) is 12.0 Å². The Bertz CT molecular complexity index is 120. The van der Waals surface area contributed by atoms with Crippen LogP contribution in [0.1, 0.15) is 0 Å². The first-order valence-corrected chi connectivity index (χ1v) is 2.24. The fourth-order valence-corrected chi connectivity index (χ4v) is 0.406. The highest BCUT2D eigenvalue weighted by Gasteiger charge is 1.67. The van der Waals surface area contributed by atoms with Gasteiger partial charge < -0.3 is 5.32 Å². The summed E-state index contributed by atoms with van der Waals surface area (Å²) < 4.78 is 0. The average molecular weight is 237 g/mol. The molecule has 0 aromatic rings. The molecule has 1 rings (SSSR count). The van der Waals surface area contributed by atoms with E-state index in [0.717, 1.165) is 0 Å². The van der Waals surface area contributed by atoms with Gasteiger partial charge in [-0.15, -0.1) is 37.2 Å². The van der Waals surface area contributed by atoms with Crippen molar-refractivity contribution in [2.75, 3.05) is 0 Å². The van der Waals surface area contributed by atoms with Crippen molar-refractivity contribution in [3.05, 3.63) is 36.7 Å². The maximum atomic E-state index is 2.92. The van der Waals surface area contributed by atoms with Gasteiger partial charge in [-0.25, -0.2) is 0 Å². The molecule has 1 atom stereocenters. The summed E-state index contributed by atoms with van der Waals surface area (Å²) in [5.41, 5.74) is 0. The number of rotatable bonds is 0. The summed E-state index contributed by atoms with van der Waals surface area (Å²) in [5, 5.41) is 2.92. The monoisotopic (exact) mass is 235 g/mol. The zero-order chi connectivity index (χ0) is 4.95. The number of hydrogen-bond donors (Lipinski definition) is 1. The third-order valence-corrected chi connectivity index (χ3v) is 0.718. The normalized spacial score (nSPS) is 10.2. The molecule has 0 amide bonds. The molecule has 1 heterocycles. The van der Waals surface area contributed by atoms with Gasteiger partial charge in [-0.3, -0.25) is 0 Å². The van der Waals surface area contributed by atoms with Crippen molar-refractivity contribution >= 4 is 47.1 Å². The Balaban J connectivity index is -0.0000000612. The third-order valence-electron chi connectivity index (χ3n) is 0.718. The molecule has 1 aliphatic heterocycles. The molecule has 1 aliphatic rings. The Morgan fingerprint density at radius 2 is 1.00 bits per heavy atom. The van der Waals surface area contributed by atoms with Gasteiger partial charge in [0, 0.05) is 12.4 Å². The lowest BCUT2D eigenvalue weighted by Crippen LogP contribution is -1.87. The minimum Gasteiger partial charge on any atom is -0.368 e. The van der Waals surface area contributed by atoms with Gasteiger partial charge in [-0.2, -0.15) is 9.90 Å². The Hall–Kier alpha value is 0.320. The van der Waals surface area contributed by atoms with Crippen molar-refractivity contribution in [3.63, 3.8) is 0 Å². The SMILES string of the molecule is C1=CC=CNC=C1.Cl.Cl.Cl.P. The zero-order valence-electron chi connectivity index (χ0n) is 5.90. The van der Waals surface area contributed by atoms with Crippen molar-refractivity contribution in [1.29, 1.82) is 0 Å². The van der Waals surface area contributed by atoms with Crippen LogP contribution in [0, 0.1) is 0 Å². The fraction of sp³-hybridized carbons (Fsp3) is 0. The smallest absolute Gasteiger partial charge is 0.000442 e. The highest BCUT2D eigenvalue weighted by atomic mass is 35.5. The maximum absolute atomic E-state index is 2.92. The van der Waals surface area contributed by atoms with Crippen LogP contribution in [-0.2, 0) is 0 Å². The van der Waals surface area contributed by atoms with Gasteiger partial charge in [0.1, 0.15) is 0 Å². The largest absolute Gasteiger partial charge is 0.368 e. The van der Waals surface area contributed by atoms with Crippen molar-refractivity contribution in [1.82, 2.24) is 5.32 Å². The molecule has 0 spiro atoms. The molecule has 0 saturated heterocycles. The number of halogens is 3. The van der Waals surface area contributed by atoms with Crippen LogP contribution in [0.5, 0.6) is 0 Å². The first-order valence-electron chi connectivity index (χ1n) is 2.24. The summed E-state index contributed by atoms with van der Waals surface area (Å²) in [4.78, 5) is 0. The summed E-state index contributed by atoms with van der Waals surface area (Å²) >= 11 is 0. The van der Waals surface area contributed by atoms with Gasteiger partial charge in [0.05, 0.1) is 0 Å². The highest BCUT2D eigenvalue weighted by Crippen LogP contribution is 1.81. The van der Waals surface area contributed by atoms with Crippen LogP contribution >= 0.6 is 47.1 Å². The first kappa shape index (κ1) is 22.5. The van der Waals surface area contributed by atoms with E-state index >= 15 is 0 Å². The van der Waals surface area contributed by atoms with E-state index in [1.807, 2.05) is 36.7 Å². The predicted octanol–water partition coefficient (Wildman–Crippen LogP) is 2.50. The van der Waals surface area contributed by atoms with Crippen LogP contribution in [0.15, 0.2) is 36.7 Å². The summed E-state index contributed by atoms with van der Waals surface area (Å²) in [6, 6.07) is 0. The number of allylic oxidation sites excluding steroid dienone is 4. The molecule has 11 heavy (non-hydrogen) atoms. The molecule has 0 radical (unpaired) electrons. The molecule has 68 valence electrons. The van der Waals surface area contributed by atoms with E-state index in [4.69, 9.17) is 0 Å². The van der Waals surface area contributed by atoms with Gasteiger partial charge in [-0.1, -0.05) is 12.2 Å². The molecule has 1 unspecified atom stereocenters. The molecule has 0 aliphatic carbocycles. The molecule has 5 heteroatoms. The fourth-order valence-electron chi connectivity index (χ4n) is 0.406. The molecule has 1 nitrogen and oxygen atoms in total. The second-order valence-corrected chi connectivity index (χ2v) is 1.27. The van der Waals surface area contributed by atoms with E-state index in [9.17, 15) is 0 Å². The quantitative estimate of drug-likeness (QED) is 0.637. The van der Waals surface area contributed by atoms with E-state index in [-0.39, 0.29) is 47.1 Å². The van der Waals surface area contributed by atoms with E-state index in [1.165, 1.54) is 0 Å². The molecule has 0 aromatic carbocycles. The Morgan fingerprint density at radius 1 is 0.636 bits per heavy atom. The van der Waals surface area contributed by atoms with Crippen molar-refractivity contribution in [3.8, 4) is 0 Å². The average Bonchev–Trinajstić information content (AvgIpc) is 1.90.